The van der Waals surface area contributed by atoms with Gasteiger partial charge < -0.3 is 24.4 Å². The molecule has 1 N–H and O–H groups in total. The van der Waals surface area contributed by atoms with E-state index in [0.29, 0.717) is 61.2 Å². The van der Waals surface area contributed by atoms with Crippen LogP contribution in [0.3, 0.4) is 0 Å². The number of aromatic nitrogens is 2. The third-order valence-electron chi connectivity index (χ3n) is 12.1. The molecule has 1 aromatic heterocycles. The molecule has 5 fully saturated rings. The van der Waals surface area contributed by atoms with E-state index >= 15 is 4.39 Å². The number of hydrogen-bond donors (Lipinski definition) is 1. The summed E-state index contributed by atoms with van der Waals surface area (Å²) in [5.74, 6) is 1.58. The number of terminal acetylenes is 1. The average Bonchev–Trinajstić information content (AvgIpc) is 3.77. The molecule has 5 aliphatic heterocycles. The first-order valence-electron chi connectivity index (χ1n) is 18.3. The molecule has 9 rings (SSSR count). The molecule has 52 heavy (non-hydrogen) atoms. The molecule has 9 nitrogen and oxygen atoms in total. The van der Waals surface area contributed by atoms with Crippen molar-refractivity contribution >= 4 is 33.4 Å². The van der Waals surface area contributed by atoms with E-state index in [1.807, 2.05) is 0 Å². The van der Waals surface area contributed by atoms with Gasteiger partial charge in [-0.15, -0.1) is 6.42 Å². The van der Waals surface area contributed by atoms with Gasteiger partial charge in [0.25, 0.3) is 0 Å². The summed E-state index contributed by atoms with van der Waals surface area (Å²) >= 11 is 0. The number of carbonyl (C=O) groups excluding carboxylic acids is 1. The summed E-state index contributed by atoms with van der Waals surface area (Å²) in [6, 6.07) is 8.82. The maximum absolute atomic E-state index is 17.1. The zero-order valence-corrected chi connectivity index (χ0v) is 28.8. The number of aromatic hydroxyl groups is 1. The number of piperazine rings is 1. The Morgan fingerprint density at radius 2 is 1.83 bits per heavy atom. The molecule has 4 atom stereocenters. The van der Waals surface area contributed by atoms with Crippen molar-refractivity contribution in [3.8, 4) is 35.2 Å². The van der Waals surface area contributed by atoms with Gasteiger partial charge in [-0.1, -0.05) is 18.1 Å². The summed E-state index contributed by atoms with van der Waals surface area (Å²) in [6.45, 7) is 3.55. The number of hydrogen-bond acceptors (Lipinski definition) is 8. The van der Waals surface area contributed by atoms with E-state index in [0.717, 1.165) is 45.1 Å². The molecule has 2 bridgehead atoms. The molecule has 0 aliphatic carbocycles. The van der Waals surface area contributed by atoms with Gasteiger partial charge in [0.2, 0.25) is 5.91 Å². The Balaban J connectivity index is 1.13. The maximum Gasteiger partial charge on any atom is 0.319 e. The lowest BCUT2D eigenvalue weighted by atomic mass is 9.93. The smallest absolute Gasteiger partial charge is 0.319 e. The van der Waals surface area contributed by atoms with E-state index in [4.69, 9.17) is 20.9 Å². The van der Waals surface area contributed by atoms with Crippen LogP contribution < -0.4 is 9.64 Å². The summed E-state index contributed by atoms with van der Waals surface area (Å²) in [5.41, 5.74) is -0.204. The topological polar surface area (TPSA) is 91.3 Å². The highest BCUT2D eigenvalue weighted by Gasteiger charge is 2.50. The van der Waals surface area contributed by atoms with Crippen LogP contribution in [0.2, 0.25) is 0 Å². The number of amides is 1. The van der Waals surface area contributed by atoms with E-state index in [1.165, 1.54) is 24.3 Å². The number of alkyl halides is 1. The molecule has 4 aromatic rings. The van der Waals surface area contributed by atoms with Crippen molar-refractivity contribution in [1.29, 1.82) is 0 Å². The highest BCUT2D eigenvalue weighted by Crippen LogP contribution is 2.43. The fraction of sp³-hybridized carbons (Fsp3) is 0.475. The quantitative estimate of drug-likeness (QED) is 0.245. The molecule has 0 saturated carbocycles. The molecule has 2 unspecified atom stereocenters. The van der Waals surface area contributed by atoms with E-state index < -0.39 is 23.3 Å². The van der Waals surface area contributed by atoms with Crippen molar-refractivity contribution in [2.24, 2.45) is 5.92 Å². The summed E-state index contributed by atoms with van der Waals surface area (Å²) in [6.07, 6.45) is 10.1. The van der Waals surface area contributed by atoms with Gasteiger partial charge in [-0.3, -0.25) is 9.69 Å². The number of phenolic OH excluding ortho intramolecular Hbond substituents is 1. The molecule has 6 heterocycles. The first-order valence-corrected chi connectivity index (χ1v) is 18.3. The van der Waals surface area contributed by atoms with Gasteiger partial charge in [0, 0.05) is 73.6 Å². The van der Waals surface area contributed by atoms with Crippen molar-refractivity contribution in [3.05, 3.63) is 53.6 Å². The Morgan fingerprint density at radius 1 is 1.04 bits per heavy atom. The van der Waals surface area contributed by atoms with Gasteiger partial charge in [-0.05, 0) is 80.3 Å². The number of fused-ring (bicyclic) bond motifs is 5. The summed E-state index contributed by atoms with van der Waals surface area (Å²) < 4.78 is 58.5. The Kier molecular flexibility index (Phi) is 8.19. The van der Waals surface area contributed by atoms with Crippen LogP contribution in [-0.2, 0) is 9.53 Å². The third-order valence-corrected chi connectivity index (χ3v) is 12.1. The van der Waals surface area contributed by atoms with E-state index in [2.05, 4.69) is 25.6 Å². The molecule has 1 amide bonds. The second-order valence-electron chi connectivity index (χ2n) is 15.1. The highest BCUT2D eigenvalue weighted by atomic mass is 19.1. The molecule has 0 spiro atoms. The monoisotopic (exact) mass is 711 g/mol. The molecule has 0 radical (unpaired) electrons. The largest absolute Gasteiger partial charge is 0.508 e. The van der Waals surface area contributed by atoms with Gasteiger partial charge in [0.15, 0.2) is 5.82 Å². The molecule has 3 aromatic carbocycles. The first kappa shape index (κ1) is 33.3. The minimum absolute atomic E-state index is 0.00344. The number of benzene rings is 3. The van der Waals surface area contributed by atoms with Crippen LogP contribution in [0.4, 0.5) is 19.0 Å². The number of halogens is 3. The molecule has 12 heteroatoms. The lowest BCUT2D eigenvalue weighted by Gasteiger charge is -2.43. The van der Waals surface area contributed by atoms with Gasteiger partial charge in [0.05, 0.1) is 11.1 Å². The number of phenols is 1. The summed E-state index contributed by atoms with van der Waals surface area (Å²) in [4.78, 5) is 29.6. The van der Waals surface area contributed by atoms with E-state index in [1.54, 1.807) is 12.1 Å². The lowest BCUT2D eigenvalue weighted by molar-refractivity contribution is -0.142. The van der Waals surface area contributed by atoms with Crippen molar-refractivity contribution in [2.45, 2.75) is 68.7 Å². The average molecular weight is 712 g/mol. The van der Waals surface area contributed by atoms with Gasteiger partial charge in [-0.2, -0.15) is 9.97 Å². The number of nitrogens with zero attached hydrogens (tertiary/aromatic N) is 5. The SMILES string of the molecule is C#Cc1c(F)ccc2cc(O)cc(-c3ccc4c(N5CC6CCC(C5)N6C(=O)C5CCOCC5)nc(OC[C@@]56CCCN5C[C@H](F)C6)nc4c3F)c12. The van der Waals surface area contributed by atoms with Crippen LogP contribution in [0.25, 0.3) is 32.8 Å². The van der Waals surface area contributed by atoms with Gasteiger partial charge in [0.1, 0.15) is 35.7 Å². The fourth-order valence-electron chi connectivity index (χ4n) is 9.66. The standard InChI is InChI=1S/C40H40F3N5O4/c1-2-29-33(42)9-4-24-16-28(49)17-32(34(24)29)30-7-8-31-36(35(30)43)44-39(52-22-40-12-3-13-47(40)19-25(41)18-40)45-37(31)46-20-26-5-6-27(21-46)48(26)38(50)23-10-14-51-15-11-23/h1,4,7-9,16-17,23,25-27,49H,3,5-6,10-15,18-22H2/t25-,26?,27?,40+/m1/s1. The Morgan fingerprint density at radius 3 is 2.60 bits per heavy atom. The maximum atomic E-state index is 17.1. The molecule has 270 valence electrons. The number of carbonyl (C=O) groups is 1. The normalized spacial score (nSPS) is 26.3. The lowest BCUT2D eigenvalue weighted by Crippen LogP contribution is -2.57. The van der Waals surface area contributed by atoms with Crippen LogP contribution in [0.5, 0.6) is 11.8 Å². The Hall–Kier alpha value is -4.60. The number of ether oxygens (including phenoxy) is 2. The van der Waals surface area contributed by atoms with Crippen molar-refractivity contribution in [3.63, 3.8) is 0 Å². The Labute approximate surface area is 299 Å². The molecule has 5 saturated heterocycles. The minimum Gasteiger partial charge on any atom is -0.508 e. The Bertz CT molecular complexity index is 2120. The van der Waals surface area contributed by atoms with Crippen molar-refractivity contribution < 1.29 is 32.5 Å². The van der Waals surface area contributed by atoms with Crippen molar-refractivity contribution in [2.75, 3.05) is 50.9 Å². The predicted octanol–water partition coefficient (Wildman–Crippen LogP) is 5.98. The first-order chi connectivity index (χ1) is 25.2. The zero-order valence-electron chi connectivity index (χ0n) is 28.8. The molecular weight excluding hydrogens is 671 g/mol. The third kappa shape index (κ3) is 5.43. The van der Waals surface area contributed by atoms with Gasteiger partial charge in [-0.25, -0.2) is 13.2 Å². The summed E-state index contributed by atoms with van der Waals surface area (Å²) in [5, 5.41) is 11.9. The van der Waals surface area contributed by atoms with Crippen molar-refractivity contribution in [1.82, 2.24) is 19.8 Å². The number of anilines is 1. The second-order valence-corrected chi connectivity index (χ2v) is 15.1. The minimum atomic E-state index is -0.942. The second kappa shape index (κ2) is 12.8. The van der Waals surface area contributed by atoms with E-state index in [-0.39, 0.29) is 64.5 Å². The molecular formula is C40H40F3N5O4. The summed E-state index contributed by atoms with van der Waals surface area (Å²) in [7, 11) is 0. The van der Waals surface area contributed by atoms with Crippen LogP contribution in [0, 0.1) is 29.9 Å². The van der Waals surface area contributed by atoms with Crippen LogP contribution in [0.1, 0.15) is 50.5 Å². The molecule has 5 aliphatic rings. The predicted molar refractivity (Wildman–Crippen MR) is 190 cm³/mol. The number of rotatable bonds is 6. The van der Waals surface area contributed by atoms with E-state index in [9.17, 15) is 18.7 Å². The highest BCUT2D eigenvalue weighted by molar-refractivity contribution is 6.04. The van der Waals surface area contributed by atoms with Gasteiger partial charge >= 0.3 is 6.01 Å². The van der Waals surface area contributed by atoms with Crippen LogP contribution >= 0.6 is 0 Å². The zero-order chi connectivity index (χ0) is 35.7. The fourth-order valence-corrected chi connectivity index (χ4v) is 9.66. The van der Waals surface area contributed by atoms with Crippen LogP contribution in [0.15, 0.2) is 36.4 Å². The van der Waals surface area contributed by atoms with Crippen LogP contribution in [-0.4, -0.2) is 101 Å².